The highest BCUT2D eigenvalue weighted by Gasteiger charge is 2.21. The monoisotopic (exact) mass is 287 g/mol. The third kappa shape index (κ3) is 2.31. The average Bonchev–Trinajstić information content (AvgIpc) is 2.64. The van der Waals surface area contributed by atoms with Gasteiger partial charge in [-0.25, -0.2) is 0 Å². The van der Waals surface area contributed by atoms with Crippen molar-refractivity contribution in [2.75, 3.05) is 11.4 Å². The summed E-state index contributed by atoms with van der Waals surface area (Å²) in [6.07, 6.45) is 2.59. The number of alkyl halides is 1. The second-order valence-electron chi connectivity index (χ2n) is 4.10. The van der Waals surface area contributed by atoms with Crippen LogP contribution >= 0.6 is 27.5 Å². The summed E-state index contributed by atoms with van der Waals surface area (Å²) >= 11 is 9.43. The molecule has 1 aromatic rings. The molecule has 82 valence electrons. The standard InChI is InChI=1S/C12H15BrClN/c1-9-3-2-6-15(9)12-5-4-10(8-14)7-11(12)13/h4-5,7,9H,2-3,6,8H2,1H3. The molecule has 1 aliphatic heterocycles. The Bertz CT molecular complexity index is 353. The van der Waals surface area contributed by atoms with Gasteiger partial charge in [-0.05, 0) is 53.4 Å². The van der Waals surface area contributed by atoms with E-state index in [9.17, 15) is 0 Å². The van der Waals surface area contributed by atoms with E-state index in [1.807, 2.05) is 0 Å². The number of benzene rings is 1. The molecule has 0 aliphatic carbocycles. The average molecular weight is 289 g/mol. The van der Waals surface area contributed by atoms with Gasteiger partial charge in [-0.3, -0.25) is 0 Å². The number of halogens is 2. The molecule has 0 radical (unpaired) electrons. The van der Waals surface area contributed by atoms with Gasteiger partial charge < -0.3 is 4.90 Å². The highest BCUT2D eigenvalue weighted by atomic mass is 79.9. The van der Waals surface area contributed by atoms with E-state index < -0.39 is 0 Å². The van der Waals surface area contributed by atoms with E-state index in [4.69, 9.17) is 11.6 Å². The molecule has 1 saturated heterocycles. The Balaban J connectivity index is 2.28. The molecule has 0 amide bonds. The van der Waals surface area contributed by atoms with E-state index >= 15 is 0 Å². The Morgan fingerprint density at radius 1 is 1.53 bits per heavy atom. The lowest BCUT2D eigenvalue weighted by molar-refractivity contribution is 0.734. The van der Waals surface area contributed by atoms with Crippen LogP contribution in [0, 0.1) is 0 Å². The molecule has 0 saturated carbocycles. The molecule has 1 heterocycles. The number of rotatable bonds is 2. The molecule has 0 N–H and O–H groups in total. The number of hydrogen-bond donors (Lipinski definition) is 0. The van der Waals surface area contributed by atoms with E-state index in [1.54, 1.807) is 0 Å². The molecule has 1 atom stereocenters. The van der Waals surface area contributed by atoms with Gasteiger partial charge in [-0.1, -0.05) is 6.07 Å². The lowest BCUT2D eigenvalue weighted by Gasteiger charge is -2.25. The highest BCUT2D eigenvalue weighted by molar-refractivity contribution is 9.10. The van der Waals surface area contributed by atoms with Crippen LogP contribution in [0.2, 0.25) is 0 Å². The van der Waals surface area contributed by atoms with Gasteiger partial charge in [0.15, 0.2) is 0 Å². The largest absolute Gasteiger partial charge is 0.368 e. The SMILES string of the molecule is CC1CCCN1c1ccc(CCl)cc1Br. The molecular formula is C12H15BrClN. The second-order valence-corrected chi connectivity index (χ2v) is 5.23. The fraction of sp³-hybridized carbons (Fsp3) is 0.500. The van der Waals surface area contributed by atoms with Crippen LogP contribution in [0.5, 0.6) is 0 Å². The van der Waals surface area contributed by atoms with Crippen molar-refractivity contribution in [3.63, 3.8) is 0 Å². The maximum Gasteiger partial charge on any atom is 0.0513 e. The molecule has 1 unspecified atom stereocenters. The van der Waals surface area contributed by atoms with Crippen LogP contribution in [-0.4, -0.2) is 12.6 Å². The smallest absolute Gasteiger partial charge is 0.0513 e. The molecule has 0 aromatic heterocycles. The van der Waals surface area contributed by atoms with Crippen molar-refractivity contribution in [1.29, 1.82) is 0 Å². The van der Waals surface area contributed by atoms with Crippen molar-refractivity contribution in [3.05, 3.63) is 28.2 Å². The third-order valence-electron chi connectivity index (χ3n) is 3.03. The van der Waals surface area contributed by atoms with Gasteiger partial charge in [0.25, 0.3) is 0 Å². The van der Waals surface area contributed by atoms with E-state index in [2.05, 4.69) is 46.0 Å². The Morgan fingerprint density at radius 3 is 2.87 bits per heavy atom. The normalized spacial score (nSPS) is 21.0. The first-order chi connectivity index (χ1) is 7.22. The molecule has 2 rings (SSSR count). The minimum atomic E-state index is 0.578. The molecule has 0 spiro atoms. The lowest BCUT2D eigenvalue weighted by atomic mass is 10.2. The van der Waals surface area contributed by atoms with E-state index in [0.29, 0.717) is 11.9 Å². The van der Waals surface area contributed by atoms with Crippen LogP contribution in [0.1, 0.15) is 25.3 Å². The Labute approximate surface area is 105 Å². The van der Waals surface area contributed by atoms with Gasteiger partial charge in [0.2, 0.25) is 0 Å². The lowest BCUT2D eigenvalue weighted by Crippen LogP contribution is -2.26. The summed E-state index contributed by atoms with van der Waals surface area (Å²) in [6, 6.07) is 7.05. The minimum absolute atomic E-state index is 0.578. The zero-order valence-electron chi connectivity index (χ0n) is 8.84. The highest BCUT2D eigenvalue weighted by Crippen LogP contribution is 2.32. The quantitative estimate of drug-likeness (QED) is 0.738. The first kappa shape index (κ1) is 11.3. The fourth-order valence-electron chi connectivity index (χ4n) is 2.16. The van der Waals surface area contributed by atoms with Crippen molar-refractivity contribution >= 4 is 33.2 Å². The van der Waals surface area contributed by atoms with Crippen molar-refractivity contribution in [2.45, 2.75) is 31.7 Å². The molecule has 1 fully saturated rings. The Morgan fingerprint density at radius 2 is 2.33 bits per heavy atom. The maximum atomic E-state index is 5.81. The summed E-state index contributed by atoms with van der Waals surface area (Å²) in [5.41, 5.74) is 2.47. The summed E-state index contributed by atoms with van der Waals surface area (Å²) in [7, 11) is 0. The van der Waals surface area contributed by atoms with Crippen LogP contribution < -0.4 is 4.90 Å². The molecule has 1 nitrogen and oxygen atoms in total. The van der Waals surface area contributed by atoms with Crippen LogP contribution in [0.25, 0.3) is 0 Å². The van der Waals surface area contributed by atoms with Crippen molar-refractivity contribution in [2.24, 2.45) is 0 Å². The number of anilines is 1. The van der Waals surface area contributed by atoms with Crippen LogP contribution in [-0.2, 0) is 5.88 Å². The molecular weight excluding hydrogens is 273 g/mol. The van der Waals surface area contributed by atoms with Crippen molar-refractivity contribution in [3.8, 4) is 0 Å². The van der Waals surface area contributed by atoms with Crippen molar-refractivity contribution < 1.29 is 0 Å². The molecule has 1 aromatic carbocycles. The summed E-state index contributed by atoms with van der Waals surface area (Å²) in [5, 5.41) is 0. The molecule has 1 aliphatic rings. The number of hydrogen-bond acceptors (Lipinski definition) is 1. The van der Waals surface area contributed by atoms with E-state index in [1.165, 1.54) is 30.6 Å². The summed E-state index contributed by atoms with van der Waals surface area (Å²) in [5.74, 6) is 0.578. The zero-order valence-corrected chi connectivity index (χ0v) is 11.2. The Kier molecular flexibility index (Phi) is 3.57. The topological polar surface area (TPSA) is 3.24 Å². The fourth-order valence-corrected chi connectivity index (χ4v) is 2.98. The predicted molar refractivity (Wildman–Crippen MR) is 69.7 cm³/mol. The first-order valence-electron chi connectivity index (χ1n) is 5.33. The van der Waals surface area contributed by atoms with Crippen molar-refractivity contribution in [1.82, 2.24) is 0 Å². The summed E-state index contributed by atoms with van der Waals surface area (Å²) in [6.45, 7) is 3.45. The van der Waals surface area contributed by atoms with Gasteiger partial charge in [0, 0.05) is 22.9 Å². The summed E-state index contributed by atoms with van der Waals surface area (Å²) < 4.78 is 1.16. The van der Waals surface area contributed by atoms with E-state index in [0.717, 1.165) is 4.47 Å². The molecule has 3 heteroatoms. The predicted octanol–water partition coefficient (Wildman–Crippen LogP) is 4.18. The molecule has 0 bridgehead atoms. The van der Waals surface area contributed by atoms with Gasteiger partial charge in [0.1, 0.15) is 0 Å². The van der Waals surface area contributed by atoms with Gasteiger partial charge in [-0.2, -0.15) is 0 Å². The third-order valence-corrected chi connectivity index (χ3v) is 3.97. The first-order valence-corrected chi connectivity index (χ1v) is 6.66. The number of nitrogens with zero attached hydrogens (tertiary/aromatic N) is 1. The van der Waals surface area contributed by atoms with Gasteiger partial charge >= 0.3 is 0 Å². The summed E-state index contributed by atoms with van der Waals surface area (Å²) in [4.78, 5) is 2.46. The minimum Gasteiger partial charge on any atom is -0.368 e. The Hall–Kier alpha value is -0.210. The second kappa shape index (κ2) is 4.75. The van der Waals surface area contributed by atoms with E-state index in [-0.39, 0.29) is 0 Å². The van der Waals surface area contributed by atoms with Gasteiger partial charge in [0.05, 0.1) is 5.69 Å². The van der Waals surface area contributed by atoms with Gasteiger partial charge in [-0.15, -0.1) is 11.6 Å². The van der Waals surface area contributed by atoms with Crippen LogP contribution in [0.3, 0.4) is 0 Å². The molecule has 15 heavy (non-hydrogen) atoms. The van der Waals surface area contributed by atoms with Crippen LogP contribution in [0.15, 0.2) is 22.7 Å². The maximum absolute atomic E-state index is 5.81. The van der Waals surface area contributed by atoms with Crippen LogP contribution in [0.4, 0.5) is 5.69 Å². The zero-order chi connectivity index (χ0) is 10.8.